The van der Waals surface area contributed by atoms with Gasteiger partial charge in [0.1, 0.15) is 23.2 Å². The van der Waals surface area contributed by atoms with Crippen molar-refractivity contribution in [3.63, 3.8) is 0 Å². The number of methoxy groups -OCH3 is 1. The molecule has 1 aromatic heterocycles. The van der Waals surface area contributed by atoms with Crippen molar-refractivity contribution in [3.05, 3.63) is 59.0 Å². The highest BCUT2D eigenvalue weighted by atomic mass is 19.1. The first kappa shape index (κ1) is 20.3. The second-order valence-corrected chi connectivity index (χ2v) is 7.58. The number of pyridine rings is 1. The van der Waals surface area contributed by atoms with Crippen LogP contribution < -0.4 is 5.32 Å². The van der Waals surface area contributed by atoms with Crippen LogP contribution in [0.2, 0.25) is 0 Å². The van der Waals surface area contributed by atoms with E-state index in [0.29, 0.717) is 16.9 Å². The molecule has 7 heteroatoms. The zero-order valence-corrected chi connectivity index (χ0v) is 16.3. The van der Waals surface area contributed by atoms with E-state index < -0.39 is 16.8 Å². The van der Waals surface area contributed by atoms with Crippen LogP contribution in [0.25, 0.3) is 5.57 Å². The molecule has 0 saturated heterocycles. The van der Waals surface area contributed by atoms with Gasteiger partial charge in [-0.2, -0.15) is 5.26 Å². The molecule has 0 radical (unpaired) electrons. The van der Waals surface area contributed by atoms with Crippen molar-refractivity contribution in [3.8, 4) is 18.0 Å². The Hall–Kier alpha value is -3.42. The van der Waals surface area contributed by atoms with Crippen molar-refractivity contribution in [1.82, 2.24) is 10.3 Å². The zero-order valence-electron chi connectivity index (χ0n) is 16.3. The Kier molecular flexibility index (Phi) is 5.28. The first-order chi connectivity index (χ1) is 13.7. The van der Waals surface area contributed by atoms with E-state index in [1.165, 1.54) is 19.3 Å². The maximum Gasteiger partial charge on any atom is 0.178 e. The summed E-state index contributed by atoms with van der Waals surface area (Å²) in [5.41, 5.74) is -1.77. The number of Topliss-reactive ketones (excluding diaryl/α,β-unsaturated/α-hetero) is 1. The fourth-order valence-corrected chi connectivity index (χ4v) is 3.59. The Morgan fingerprint density at radius 1 is 1.45 bits per heavy atom. The minimum atomic E-state index is -1.72. The molecule has 1 aliphatic carbocycles. The van der Waals surface area contributed by atoms with Gasteiger partial charge in [0.15, 0.2) is 5.78 Å². The summed E-state index contributed by atoms with van der Waals surface area (Å²) in [6.45, 7) is 3.32. The highest BCUT2D eigenvalue weighted by Crippen LogP contribution is 2.44. The third-order valence-electron chi connectivity index (χ3n) is 4.89. The summed E-state index contributed by atoms with van der Waals surface area (Å²) in [7, 11) is 1.49. The van der Waals surface area contributed by atoms with E-state index in [0.717, 1.165) is 6.20 Å². The number of hydrogen-bond acceptors (Lipinski definition) is 6. The van der Waals surface area contributed by atoms with Crippen LogP contribution in [0, 0.1) is 34.5 Å². The van der Waals surface area contributed by atoms with Gasteiger partial charge in [-0.3, -0.25) is 9.78 Å². The second-order valence-electron chi connectivity index (χ2n) is 7.58. The molecular formula is C22H20FN3O3. The van der Waals surface area contributed by atoms with Crippen molar-refractivity contribution in [1.29, 1.82) is 5.26 Å². The topological polar surface area (TPSA) is 95.2 Å². The van der Waals surface area contributed by atoms with Crippen molar-refractivity contribution < 1.29 is 19.0 Å². The van der Waals surface area contributed by atoms with E-state index in [2.05, 4.69) is 22.3 Å². The van der Waals surface area contributed by atoms with E-state index in [1.807, 2.05) is 6.07 Å². The highest BCUT2D eigenvalue weighted by molar-refractivity contribution is 6.04. The minimum Gasteiger partial charge on any atom is -0.495 e. The molecule has 2 N–H and O–H groups in total. The molecule has 0 fully saturated rings. The van der Waals surface area contributed by atoms with E-state index in [4.69, 9.17) is 4.74 Å². The number of allylic oxidation sites excluding steroid dienone is 3. The van der Waals surface area contributed by atoms with Gasteiger partial charge in [-0.1, -0.05) is 19.8 Å². The molecule has 0 bridgehead atoms. The lowest BCUT2D eigenvalue weighted by Gasteiger charge is -2.38. The number of halogens is 1. The van der Waals surface area contributed by atoms with Crippen molar-refractivity contribution in [2.24, 2.45) is 5.41 Å². The van der Waals surface area contributed by atoms with Crippen molar-refractivity contribution in [2.75, 3.05) is 7.11 Å². The molecule has 2 aliphatic rings. The van der Waals surface area contributed by atoms with Gasteiger partial charge in [-0.15, -0.1) is 0 Å². The second kappa shape index (κ2) is 7.54. The predicted molar refractivity (Wildman–Crippen MR) is 104 cm³/mol. The molecule has 0 spiro atoms. The summed E-state index contributed by atoms with van der Waals surface area (Å²) in [5.74, 6) is 2.43. The fraction of sp³-hybridized carbons (Fsp3) is 0.318. The molecular weight excluding hydrogens is 373 g/mol. The number of aliphatic hydroxyl groups is 1. The number of carbonyl (C=O) groups excluding carboxylic acids is 1. The summed E-state index contributed by atoms with van der Waals surface area (Å²) < 4.78 is 19.4. The third-order valence-corrected chi connectivity index (χ3v) is 4.89. The Bertz CT molecular complexity index is 1070. The van der Waals surface area contributed by atoms with Gasteiger partial charge in [0, 0.05) is 23.4 Å². The molecule has 0 saturated carbocycles. The number of aromatic nitrogens is 1. The molecule has 0 aromatic carbocycles. The largest absolute Gasteiger partial charge is 0.495 e. The summed E-state index contributed by atoms with van der Waals surface area (Å²) >= 11 is 0. The molecule has 1 aromatic rings. The molecule has 0 amide bonds. The molecule has 148 valence electrons. The van der Waals surface area contributed by atoms with E-state index in [9.17, 15) is 19.6 Å². The van der Waals surface area contributed by atoms with E-state index >= 15 is 0 Å². The standard InChI is InChI=1S/C22H20FN3O3/c1-21(2)13-22(28,9-15(10-24)20(21)27)19-18(8-16(23)11-26-19)14-5-4-6-25-12-17(7-14)29-3/h7-9,11-12,25,28H,5,13H2,1-3H3/b14-7+,17-12+. The number of carbonyl (C=O) groups is 1. The lowest BCUT2D eigenvalue weighted by Crippen LogP contribution is -2.41. The van der Waals surface area contributed by atoms with Crippen molar-refractivity contribution >= 4 is 11.4 Å². The first-order valence-electron chi connectivity index (χ1n) is 8.95. The molecule has 29 heavy (non-hydrogen) atoms. The van der Waals surface area contributed by atoms with Crippen LogP contribution in [-0.2, 0) is 15.1 Å². The molecule has 1 atom stereocenters. The van der Waals surface area contributed by atoms with E-state index in [1.54, 1.807) is 26.1 Å². The van der Waals surface area contributed by atoms with Crippen LogP contribution in [-0.4, -0.2) is 23.0 Å². The normalized spacial score (nSPS) is 26.6. The number of ether oxygens (including phenoxy) is 1. The van der Waals surface area contributed by atoms with Crippen molar-refractivity contribution in [2.45, 2.75) is 32.3 Å². The summed E-state index contributed by atoms with van der Waals surface area (Å²) in [4.78, 5) is 16.6. The van der Waals surface area contributed by atoms with Gasteiger partial charge in [0.05, 0.1) is 30.8 Å². The summed E-state index contributed by atoms with van der Waals surface area (Å²) in [6.07, 6.45) is 5.71. The van der Waals surface area contributed by atoms with Gasteiger partial charge in [0.25, 0.3) is 0 Å². The molecule has 1 aliphatic heterocycles. The number of ketones is 1. The zero-order chi connectivity index (χ0) is 21.2. The van der Waals surface area contributed by atoms with Gasteiger partial charge < -0.3 is 15.2 Å². The van der Waals surface area contributed by atoms with Crippen LogP contribution >= 0.6 is 0 Å². The molecule has 6 nitrogen and oxygen atoms in total. The predicted octanol–water partition coefficient (Wildman–Crippen LogP) is 2.68. The summed E-state index contributed by atoms with van der Waals surface area (Å²) in [5, 5.41) is 23.6. The van der Waals surface area contributed by atoms with Crippen LogP contribution in [0.4, 0.5) is 4.39 Å². The quantitative estimate of drug-likeness (QED) is 0.767. The Balaban J connectivity index is 2.23. The lowest BCUT2D eigenvalue weighted by molar-refractivity contribution is -0.127. The minimum absolute atomic E-state index is 0.00311. The molecule has 3 rings (SSSR count). The van der Waals surface area contributed by atoms with Crippen LogP contribution in [0.5, 0.6) is 0 Å². The number of nitrogens with zero attached hydrogens (tertiary/aromatic N) is 2. The average Bonchev–Trinajstić information content (AvgIpc) is 2.64. The third kappa shape index (κ3) is 3.91. The molecule has 2 heterocycles. The van der Waals surface area contributed by atoms with Gasteiger partial charge in [-0.05, 0) is 30.2 Å². The Morgan fingerprint density at radius 2 is 2.21 bits per heavy atom. The van der Waals surface area contributed by atoms with Gasteiger partial charge >= 0.3 is 0 Å². The highest BCUT2D eigenvalue weighted by Gasteiger charge is 2.46. The lowest BCUT2D eigenvalue weighted by atomic mass is 9.68. The van der Waals surface area contributed by atoms with Gasteiger partial charge in [0.2, 0.25) is 0 Å². The number of hydrogen-bond donors (Lipinski definition) is 2. The van der Waals surface area contributed by atoms with Gasteiger partial charge in [-0.25, -0.2) is 4.39 Å². The monoisotopic (exact) mass is 393 g/mol. The van der Waals surface area contributed by atoms with Crippen LogP contribution in [0.15, 0.2) is 41.9 Å². The first-order valence-corrected chi connectivity index (χ1v) is 8.95. The maximum absolute atomic E-state index is 14.1. The average molecular weight is 393 g/mol. The van der Waals surface area contributed by atoms with E-state index in [-0.39, 0.29) is 29.9 Å². The number of rotatable bonds is 3. The maximum atomic E-state index is 14.1. The molecule has 1 unspecified atom stereocenters. The van der Waals surface area contributed by atoms with Crippen LogP contribution in [0.1, 0.15) is 37.9 Å². The fourth-order valence-electron chi connectivity index (χ4n) is 3.59. The summed E-state index contributed by atoms with van der Waals surface area (Å²) in [6, 6.07) is 5.85. The number of nitriles is 1. The van der Waals surface area contributed by atoms with Crippen LogP contribution in [0.3, 0.4) is 0 Å². The Morgan fingerprint density at radius 3 is 2.90 bits per heavy atom. The SMILES string of the molecule is COC1=C/NC#CC/C(c2cc(F)cnc2C2(O)C=C(C#N)C(=O)C(C)(C)C2)=C\1. The smallest absolute Gasteiger partial charge is 0.178 e. The number of nitrogens with one attached hydrogen (secondary N) is 1. The Labute approximate surface area is 168 Å².